The Hall–Kier alpha value is -2.61. The van der Waals surface area contributed by atoms with Crippen molar-refractivity contribution in [2.75, 3.05) is 18.2 Å². The minimum atomic E-state index is -0.387. The highest BCUT2D eigenvalue weighted by molar-refractivity contribution is 6.18. The molecule has 8 nitrogen and oxygen atoms in total. The van der Waals surface area contributed by atoms with E-state index >= 15 is 0 Å². The van der Waals surface area contributed by atoms with Crippen LogP contribution in [0.15, 0.2) is 29.1 Å². The van der Waals surface area contributed by atoms with Gasteiger partial charge in [0.15, 0.2) is 11.4 Å². The van der Waals surface area contributed by atoms with Gasteiger partial charge in [0.05, 0.1) is 6.26 Å². The standard InChI is InChI=1S/C12H11ClN6O2/c13-3-4-15-12(20)19-6-16-9-8(7-2-1-5-21-7)17-11(14)18-10(9)19/h1-2,5-6H,3-4H2,(H,15,20)(H2,14,17,18). The zero-order valence-corrected chi connectivity index (χ0v) is 11.5. The smallest absolute Gasteiger partial charge is 0.328 e. The Balaban J connectivity index is 2.12. The van der Waals surface area contributed by atoms with E-state index in [1.807, 2.05) is 0 Å². The number of amides is 1. The Labute approximate surface area is 123 Å². The molecule has 3 heterocycles. The molecule has 1 amide bonds. The van der Waals surface area contributed by atoms with Crippen LogP contribution in [0.2, 0.25) is 0 Å². The highest BCUT2D eigenvalue weighted by Crippen LogP contribution is 2.25. The number of fused-ring (bicyclic) bond motifs is 1. The van der Waals surface area contributed by atoms with Crippen LogP contribution in [0.4, 0.5) is 10.7 Å². The maximum Gasteiger partial charge on any atom is 0.328 e. The lowest BCUT2D eigenvalue weighted by Crippen LogP contribution is -2.29. The van der Waals surface area contributed by atoms with E-state index in [0.717, 1.165) is 0 Å². The minimum Gasteiger partial charge on any atom is -0.463 e. The number of furan rings is 1. The summed E-state index contributed by atoms with van der Waals surface area (Å²) >= 11 is 5.55. The Bertz CT molecular complexity index is 783. The molecule has 3 rings (SSSR count). The van der Waals surface area contributed by atoms with E-state index in [1.54, 1.807) is 12.1 Å². The summed E-state index contributed by atoms with van der Waals surface area (Å²) in [7, 11) is 0. The minimum absolute atomic E-state index is 0.0285. The normalized spacial score (nSPS) is 10.9. The summed E-state index contributed by atoms with van der Waals surface area (Å²) in [5.74, 6) is 0.842. The first-order valence-electron chi connectivity index (χ1n) is 6.09. The second kappa shape index (κ2) is 5.41. The number of halogens is 1. The Morgan fingerprint density at radius 1 is 1.48 bits per heavy atom. The fourth-order valence-electron chi connectivity index (χ4n) is 1.89. The van der Waals surface area contributed by atoms with Crippen molar-refractivity contribution in [1.29, 1.82) is 0 Å². The summed E-state index contributed by atoms with van der Waals surface area (Å²) < 4.78 is 6.56. The van der Waals surface area contributed by atoms with E-state index < -0.39 is 0 Å². The van der Waals surface area contributed by atoms with Crippen LogP contribution in [0, 0.1) is 0 Å². The Morgan fingerprint density at radius 3 is 3.05 bits per heavy atom. The molecule has 0 radical (unpaired) electrons. The first-order chi connectivity index (χ1) is 10.2. The Morgan fingerprint density at radius 2 is 2.33 bits per heavy atom. The lowest BCUT2D eigenvalue weighted by atomic mass is 10.3. The number of carbonyl (C=O) groups is 1. The molecule has 0 aliphatic rings. The lowest BCUT2D eigenvalue weighted by molar-refractivity contribution is 0.243. The zero-order chi connectivity index (χ0) is 14.8. The van der Waals surface area contributed by atoms with Gasteiger partial charge in [0.25, 0.3) is 0 Å². The first kappa shape index (κ1) is 13.4. The van der Waals surface area contributed by atoms with Crippen LogP contribution in [0.5, 0.6) is 0 Å². The third kappa shape index (κ3) is 2.40. The second-order valence-electron chi connectivity index (χ2n) is 4.12. The number of carbonyl (C=O) groups excluding carboxylic acids is 1. The van der Waals surface area contributed by atoms with Crippen molar-refractivity contribution >= 4 is 34.7 Å². The quantitative estimate of drug-likeness (QED) is 0.709. The van der Waals surface area contributed by atoms with Gasteiger partial charge >= 0.3 is 6.03 Å². The van der Waals surface area contributed by atoms with Crippen LogP contribution >= 0.6 is 11.6 Å². The van der Waals surface area contributed by atoms with Gasteiger partial charge in [-0.2, -0.15) is 4.98 Å². The van der Waals surface area contributed by atoms with Crippen molar-refractivity contribution in [3.05, 3.63) is 24.7 Å². The molecule has 3 aromatic rings. The SMILES string of the molecule is Nc1nc(-c2ccco2)c2ncn(C(=O)NCCCl)c2n1. The number of aromatic nitrogens is 4. The number of nitrogens with zero attached hydrogens (tertiary/aromatic N) is 4. The molecule has 3 aromatic heterocycles. The average Bonchev–Trinajstić information content (AvgIpc) is 3.12. The summed E-state index contributed by atoms with van der Waals surface area (Å²) in [6, 6.07) is 3.07. The van der Waals surface area contributed by atoms with Gasteiger partial charge in [-0.05, 0) is 12.1 Å². The number of nitrogens with one attached hydrogen (secondary N) is 1. The molecule has 0 aliphatic heterocycles. The number of hydrogen-bond donors (Lipinski definition) is 2. The maximum absolute atomic E-state index is 12.0. The zero-order valence-electron chi connectivity index (χ0n) is 10.8. The molecule has 0 atom stereocenters. The molecule has 0 spiro atoms. The van der Waals surface area contributed by atoms with E-state index in [4.69, 9.17) is 21.8 Å². The van der Waals surface area contributed by atoms with Gasteiger partial charge in [0, 0.05) is 12.4 Å². The molecular weight excluding hydrogens is 296 g/mol. The highest BCUT2D eigenvalue weighted by Gasteiger charge is 2.18. The molecule has 21 heavy (non-hydrogen) atoms. The number of nitrogens with two attached hydrogens (primary N) is 1. The molecule has 3 N–H and O–H groups in total. The van der Waals surface area contributed by atoms with Gasteiger partial charge in [-0.3, -0.25) is 0 Å². The summed E-state index contributed by atoms with van der Waals surface area (Å²) in [6.07, 6.45) is 2.87. The molecule has 0 aliphatic carbocycles. The topological polar surface area (TPSA) is 112 Å². The fourth-order valence-corrected chi connectivity index (χ4v) is 1.98. The van der Waals surface area contributed by atoms with Gasteiger partial charge in [0.1, 0.15) is 17.5 Å². The molecule has 0 aromatic carbocycles. The molecule has 9 heteroatoms. The number of alkyl halides is 1. The highest BCUT2D eigenvalue weighted by atomic mass is 35.5. The lowest BCUT2D eigenvalue weighted by Gasteiger charge is -2.05. The van der Waals surface area contributed by atoms with Crippen LogP contribution < -0.4 is 11.1 Å². The van der Waals surface area contributed by atoms with Gasteiger partial charge in [-0.15, -0.1) is 11.6 Å². The van der Waals surface area contributed by atoms with Crippen LogP contribution in [0.25, 0.3) is 22.6 Å². The average molecular weight is 307 g/mol. The molecule has 108 valence electrons. The molecule has 0 saturated heterocycles. The van der Waals surface area contributed by atoms with Crippen LogP contribution in [-0.4, -0.2) is 38.0 Å². The predicted octanol–water partition coefficient (Wildman–Crippen LogP) is 1.46. The van der Waals surface area contributed by atoms with Crippen LogP contribution in [0.3, 0.4) is 0 Å². The van der Waals surface area contributed by atoms with Crippen molar-refractivity contribution in [1.82, 2.24) is 24.8 Å². The van der Waals surface area contributed by atoms with E-state index in [-0.39, 0.29) is 12.0 Å². The molecule has 0 fully saturated rings. The molecule has 0 unspecified atom stereocenters. The summed E-state index contributed by atoms with van der Waals surface area (Å²) in [5.41, 5.74) is 6.87. The molecule has 0 saturated carbocycles. The van der Waals surface area contributed by atoms with Crippen molar-refractivity contribution < 1.29 is 9.21 Å². The monoisotopic (exact) mass is 306 g/mol. The van der Waals surface area contributed by atoms with Crippen molar-refractivity contribution in [3.63, 3.8) is 0 Å². The van der Waals surface area contributed by atoms with Gasteiger partial charge in [0.2, 0.25) is 5.95 Å². The van der Waals surface area contributed by atoms with Crippen LogP contribution in [0.1, 0.15) is 0 Å². The number of nitrogen functional groups attached to an aromatic ring is 1. The van der Waals surface area contributed by atoms with Gasteiger partial charge < -0.3 is 15.5 Å². The predicted molar refractivity (Wildman–Crippen MR) is 77.0 cm³/mol. The number of imidazole rings is 1. The van der Waals surface area contributed by atoms with Crippen molar-refractivity contribution in [3.8, 4) is 11.5 Å². The van der Waals surface area contributed by atoms with E-state index in [0.29, 0.717) is 35.0 Å². The molecule has 0 bridgehead atoms. The summed E-state index contributed by atoms with van der Waals surface area (Å²) in [5, 5.41) is 2.63. The van der Waals surface area contributed by atoms with Gasteiger partial charge in [-0.1, -0.05) is 0 Å². The summed E-state index contributed by atoms with van der Waals surface area (Å²) in [6.45, 7) is 0.339. The second-order valence-corrected chi connectivity index (χ2v) is 4.49. The Kier molecular flexibility index (Phi) is 3.44. The third-order valence-corrected chi connectivity index (χ3v) is 2.95. The van der Waals surface area contributed by atoms with E-state index in [1.165, 1.54) is 17.2 Å². The largest absolute Gasteiger partial charge is 0.463 e. The molecular formula is C12H11ClN6O2. The summed E-state index contributed by atoms with van der Waals surface area (Å²) in [4.78, 5) is 24.4. The van der Waals surface area contributed by atoms with Crippen LogP contribution in [-0.2, 0) is 0 Å². The fraction of sp³-hybridized carbons (Fsp3) is 0.167. The van der Waals surface area contributed by atoms with E-state index in [9.17, 15) is 4.79 Å². The number of rotatable bonds is 3. The van der Waals surface area contributed by atoms with Gasteiger partial charge in [-0.25, -0.2) is 19.3 Å². The number of hydrogen-bond acceptors (Lipinski definition) is 6. The third-order valence-electron chi connectivity index (χ3n) is 2.76. The first-order valence-corrected chi connectivity index (χ1v) is 6.62. The van der Waals surface area contributed by atoms with Crippen molar-refractivity contribution in [2.24, 2.45) is 0 Å². The number of anilines is 1. The van der Waals surface area contributed by atoms with Crippen molar-refractivity contribution in [2.45, 2.75) is 0 Å². The maximum atomic E-state index is 12.0. The van der Waals surface area contributed by atoms with E-state index in [2.05, 4.69) is 20.3 Å².